The van der Waals surface area contributed by atoms with Crippen LogP contribution in [0, 0.1) is 10.8 Å². The fraction of sp³-hybridized carbons (Fsp3) is 0.500. The molecule has 0 aliphatic carbocycles. The Kier molecular flexibility index (Phi) is 6.59. The molecule has 0 aliphatic heterocycles. The lowest BCUT2D eigenvalue weighted by Crippen LogP contribution is -2.24. The number of hydrogen-bond acceptors (Lipinski definition) is 3. The molecule has 10 heavy (non-hydrogen) atoms. The van der Waals surface area contributed by atoms with E-state index in [1.807, 2.05) is 0 Å². The van der Waals surface area contributed by atoms with E-state index in [-0.39, 0.29) is 28.7 Å². The molecule has 0 bridgehead atoms. The molecule has 0 aliphatic rings. The Morgan fingerprint density at radius 2 is 1.80 bits per heavy atom. The summed E-state index contributed by atoms with van der Waals surface area (Å²) in [5, 5.41) is 13.5. The van der Waals surface area contributed by atoms with Crippen LogP contribution >= 0.6 is 24.2 Å². The molecular formula is C4H11ClN4S. The van der Waals surface area contributed by atoms with E-state index in [9.17, 15) is 0 Å². The first kappa shape index (κ1) is 12.3. The van der Waals surface area contributed by atoms with Crippen molar-refractivity contribution in [1.82, 2.24) is 0 Å². The van der Waals surface area contributed by atoms with E-state index in [1.54, 1.807) is 6.92 Å². The van der Waals surface area contributed by atoms with Gasteiger partial charge >= 0.3 is 0 Å². The maximum atomic E-state index is 6.90. The van der Waals surface area contributed by atoms with Gasteiger partial charge in [0, 0.05) is 0 Å². The highest BCUT2D eigenvalue weighted by atomic mass is 35.5. The SMILES string of the molecule is CC(SC(=N)N)C(=N)N.Cl. The fourth-order valence-electron chi connectivity index (χ4n) is 0.254. The Balaban J connectivity index is 0. The highest BCUT2D eigenvalue weighted by Crippen LogP contribution is 2.07. The van der Waals surface area contributed by atoms with Crippen molar-refractivity contribution in [2.75, 3.05) is 0 Å². The monoisotopic (exact) mass is 182 g/mol. The number of halogens is 1. The molecule has 0 heterocycles. The molecule has 0 aromatic carbocycles. The van der Waals surface area contributed by atoms with Gasteiger partial charge in [0.15, 0.2) is 5.17 Å². The summed E-state index contributed by atoms with van der Waals surface area (Å²) in [6.45, 7) is 1.73. The maximum absolute atomic E-state index is 6.90. The van der Waals surface area contributed by atoms with Gasteiger partial charge in [0.2, 0.25) is 0 Å². The summed E-state index contributed by atoms with van der Waals surface area (Å²) < 4.78 is 0. The molecule has 0 rings (SSSR count). The molecule has 0 aromatic heterocycles. The second kappa shape index (κ2) is 5.37. The van der Waals surface area contributed by atoms with Crippen LogP contribution in [-0.4, -0.2) is 16.3 Å². The molecule has 60 valence electrons. The molecule has 6 heteroatoms. The molecule has 0 aromatic rings. The summed E-state index contributed by atoms with van der Waals surface area (Å²) in [6.07, 6.45) is 0. The van der Waals surface area contributed by atoms with E-state index in [0.29, 0.717) is 0 Å². The van der Waals surface area contributed by atoms with Gasteiger partial charge in [-0.15, -0.1) is 12.4 Å². The van der Waals surface area contributed by atoms with Crippen LogP contribution in [0.25, 0.3) is 0 Å². The largest absolute Gasteiger partial charge is 0.387 e. The van der Waals surface area contributed by atoms with E-state index in [4.69, 9.17) is 22.3 Å². The van der Waals surface area contributed by atoms with E-state index in [0.717, 1.165) is 11.8 Å². The van der Waals surface area contributed by atoms with Gasteiger partial charge in [-0.3, -0.25) is 10.8 Å². The van der Waals surface area contributed by atoms with Crippen LogP contribution in [0.15, 0.2) is 0 Å². The van der Waals surface area contributed by atoms with Gasteiger partial charge in [-0.1, -0.05) is 11.8 Å². The normalized spacial score (nSPS) is 11.3. The molecule has 1 atom stereocenters. The third kappa shape index (κ3) is 5.71. The summed E-state index contributed by atoms with van der Waals surface area (Å²) in [5.41, 5.74) is 10.1. The minimum Gasteiger partial charge on any atom is -0.387 e. The summed E-state index contributed by atoms with van der Waals surface area (Å²) >= 11 is 1.07. The summed E-state index contributed by atoms with van der Waals surface area (Å²) in [7, 11) is 0. The third-order valence-electron chi connectivity index (χ3n) is 0.742. The number of hydrogen-bond donors (Lipinski definition) is 4. The van der Waals surface area contributed by atoms with Gasteiger partial charge < -0.3 is 11.5 Å². The number of nitrogens with two attached hydrogens (primary N) is 2. The van der Waals surface area contributed by atoms with Crippen molar-refractivity contribution in [3.63, 3.8) is 0 Å². The van der Waals surface area contributed by atoms with Crippen LogP contribution in [0.2, 0.25) is 0 Å². The van der Waals surface area contributed by atoms with Crippen LogP contribution < -0.4 is 11.5 Å². The van der Waals surface area contributed by atoms with Crippen LogP contribution in [0.5, 0.6) is 0 Å². The summed E-state index contributed by atoms with van der Waals surface area (Å²) in [4.78, 5) is 0. The zero-order valence-corrected chi connectivity index (χ0v) is 7.18. The molecule has 0 saturated heterocycles. The van der Waals surface area contributed by atoms with Crippen molar-refractivity contribution >= 4 is 35.2 Å². The lowest BCUT2D eigenvalue weighted by molar-refractivity contribution is 1.23. The Hall–Kier alpha value is -0.420. The second-order valence-corrected chi connectivity index (χ2v) is 2.96. The van der Waals surface area contributed by atoms with Gasteiger partial charge in [-0.05, 0) is 6.92 Å². The second-order valence-electron chi connectivity index (χ2n) is 1.58. The lowest BCUT2D eigenvalue weighted by atomic mass is 10.4. The zero-order chi connectivity index (χ0) is 7.44. The summed E-state index contributed by atoms with van der Waals surface area (Å²) in [6, 6.07) is 0. The van der Waals surface area contributed by atoms with Crippen molar-refractivity contribution in [3.05, 3.63) is 0 Å². The van der Waals surface area contributed by atoms with Gasteiger partial charge in [-0.2, -0.15) is 0 Å². The average Bonchev–Trinajstić information content (AvgIpc) is 1.63. The minimum absolute atomic E-state index is 0. The summed E-state index contributed by atoms with van der Waals surface area (Å²) in [5.74, 6) is 0.0511. The number of nitrogens with one attached hydrogen (secondary N) is 2. The van der Waals surface area contributed by atoms with Crippen LogP contribution in [0.4, 0.5) is 0 Å². The van der Waals surface area contributed by atoms with Crippen LogP contribution in [-0.2, 0) is 0 Å². The minimum atomic E-state index is -0.178. The first-order chi connectivity index (χ1) is 4.04. The molecule has 6 N–H and O–H groups in total. The molecule has 0 radical (unpaired) electrons. The van der Waals surface area contributed by atoms with E-state index in [1.165, 1.54) is 0 Å². The number of thioether (sulfide) groups is 1. The van der Waals surface area contributed by atoms with Crippen molar-refractivity contribution in [1.29, 1.82) is 10.8 Å². The molecule has 0 fully saturated rings. The molecule has 0 amide bonds. The van der Waals surface area contributed by atoms with Crippen molar-refractivity contribution in [2.24, 2.45) is 11.5 Å². The van der Waals surface area contributed by atoms with Gasteiger partial charge in [0.05, 0.1) is 5.25 Å². The zero-order valence-electron chi connectivity index (χ0n) is 5.55. The molecule has 4 nitrogen and oxygen atoms in total. The molecular weight excluding hydrogens is 172 g/mol. The average molecular weight is 183 g/mol. The van der Waals surface area contributed by atoms with Gasteiger partial charge in [0.1, 0.15) is 5.84 Å². The standard InChI is InChI=1S/C4H10N4S.ClH/c1-2(3(5)6)9-4(7)8;/h2H,1H3,(H3,5,6)(H3,7,8);1H. The Morgan fingerprint density at radius 1 is 1.40 bits per heavy atom. The first-order valence-corrected chi connectivity index (χ1v) is 3.26. The lowest BCUT2D eigenvalue weighted by Gasteiger charge is -2.05. The van der Waals surface area contributed by atoms with E-state index < -0.39 is 0 Å². The van der Waals surface area contributed by atoms with Gasteiger partial charge in [-0.25, -0.2) is 0 Å². The molecule has 0 saturated carbocycles. The van der Waals surface area contributed by atoms with Crippen molar-refractivity contribution in [2.45, 2.75) is 12.2 Å². The first-order valence-electron chi connectivity index (χ1n) is 2.38. The smallest absolute Gasteiger partial charge is 0.151 e. The molecule has 1 unspecified atom stereocenters. The molecule has 0 spiro atoms. The number of amidine groups is 2. The van der Waals surface area contributed by atoms with Crippen molar-refractivity contribution < 1.29 is 0 Å². The Labute approximate surface area is 70.2 Å². The van der Waals surface area contributed by atoms with E-state index >= 15 is 0 Å². The predicted octanol–water partition coefficient (Wildman–Crippen LogP) is 0.359. The number of rotatable bonds is 2. The Morgan fingerprint density at radius 3 is 1.90 bits per heavy atom. The Bertz CT molecular complexity index is 137. The maximum Gasteiger partial charge on any atom is 0.151 e. The quantitative estimate of drug-likeness (QED) is 0.367. The third-order valence-corrected chi connectivity index (χ3v) is 1.60. The van der Waals surface area contributed by atoms with Crippen molar-refractivity contribution in [3.8, 4) is 0 Å². The highest BCUT2D eigenvalue weighted by molar-refractivity contribution is 8.14. The fourth-order valence-corrected chi connectivity index (χ4v) is 0.762. The van der Waals surface area contributed by atoms with Crippen LogP contribution in [0.1, 0.15) is 6.92 Å². The topological polar surface area (TPSA) is 99.7 Å². The van der Waals surface area contributed by atoms with Crippen LogP contribution in [0.3, 0.4) is 0 Å². The van der Waals surface area contributed by atoms with Gasteiger partial charge in [0.25, 0.3) is 0 Å². The predicted molar refractivity (Wildman–Crippen MR) is 48.1 cm³/mol. The highest BCUT2D eigenvalue weighted by Gasteiger charge is 2.05. The van der Waals surface area contributed by atoms with E-state index in [2.05, 4.69) is 0 Å².